The molecule has 1 amide bonds. The normalized spacial score (nSPS) is 10.6. The molecular formula is C31H31N3O4. The van der Waals surface area contributed by atoms with Crippen molar-refractivity contribution in [1.82, 2.24) is 15.3 Å². The standard InChI is InChI=1S/C31H31N3O4/c1-3-37-28(35)20-32-31(36)29-30(38-21-24-10-6-4-7-11-24)22(2)33-27(34-29)19-16-23-14-17-26(18-15-23)25-12-8-5-9-13-25/h4-15,17-18H,3,16,19-21H2,1-2H3,(H,32,36). The fourth-order valence-electron chi connectivity index (χ4n) is 3.99. The molecule has 0 spiro atoms. The Bertz CT molecular complexity index is 1360. The van der Waals surface area contributed by atoms with Gasteiger partial charge in [-0.3, -0.25) is 9.59 Å². The first-order valence-electron chi connectivity index (χ1n) is 12.7. The Hall–Kier alpha value is -4.52. The molecule has 1 aromatic heterocycles. The lowest BCUT2D eigenvalue weighted by molar-refractivity contribution is -0.141. The van der Waals surface area contributed by atoms with Crippen molar-refractivity contribution in [3.63, 3.8) is 0 Å². The van der Waals surface area contributed by atoms with Gasteiger partial charge in [0, 0.05) is 6.42 Å². The molecule has 4 rings (SSSR count). The quantitative estimate of drug-likeness (QED) is 0.283. The van der Waals surface area contributed by atoms with Crippen LogP contribution < -0.4 is 10.1 Å². The third-order valence-corrected chi connectivity index (χ3v) is 5.92. The van der Waals surface area contributed by atoms with Crippen LogP contribution in [0, 0.1) is 6.92 Å². The Morgan fingerprint density at radius 2 is 1.45 bits per heavy atom. The van der Waals surface area contributed by atoms with E-state index in [1.807, 2.05) is 48.5 Å². The molecule has 0 bridgehead atoms. The van der Waals surface area contributed by atoms with E-state index in [2.05, 4.69) is 51.7 Å². The zero-order chi connectivity index (χ0) is 26.7. The van der Waals surface area contributed by atoms with Gasteiger partial charge < -0.3 is 14.8 Å². The van der Waals surface area contributed by atoms with Crippen LogP contribution in [0.4, 0.5) is 0 Å². The number of carbonyl (C=O) groups is 2. The molecule has 0 aliphatic rings. The van der Waals surface area contributed by atoms with E-state index in [0.717, 1.165) is 16.7 Å². The summed E-state index contributed by atoms with van der Waals surface area (Å²) in [5.41, 5.74) is 5.08. The molecule has 0 atom stereocenters. The van der Waals surface area contributed by atoms with Gasteiger partial charge in [-0.15, -0.1) is 0 Å². The zero-order valence-electron chi connectivity index (χ0n) is 21.6. The largest absolute Gasteiger partial charge is 0.485 e. The lowest BCUT2D eigenvalue weighted by Crippen LogP contribution is -2.32. The van der Waals surface area contributed by atoms with Crippen molar-refractivity contribution in [2.45, 2.75) is 33.3 Å². The average molecular weight is 510 g/mol. The first-order valence-corrected chi connectivity index (χ1v) is 12.7. The number of esters is 1. The number of hydrogen-bond acceptors (Lipinski definition) is 6. The molecule has 0 unspecified atom stereocenters. The topological polar surface area (TPSA) is 90.4 Å². The second kappa shape index (κ2) is 13.1. The van der Waals surface area contributed by atoms with Crippen LogP contribution in [0.2, 0.25) is 0 Å². The highest BCUT2D eigenvalue weighted by atomic mass is 16.5. The van der Waals surface area contributed by atoms with Gasteiger partial charge in [-0.1, -0.05) is 84.9 Å². The minimum atomic E-state index is -0.516. The first-order chi connectivity index (χ1) is 18.5. The molecule has 0 saturated carbocycles. The Labute approximate surface area is 222 Å². The SMILES string of the molecule is CCOC(=O)CNC(=O)c1nc(CCc2ccc(-c3ccccc3)cc2)nc(C)c1OCc1ccccc1. The number of nitrogens with one attached hydrogen (secondary N) is 1. The van der Waals surface area contributed by atoms with Crippen LogP contribution >= 0.6 is 0 Å². The summed E-state index contributed by atoms with van der Waals surface area (Å²) in [5, 5.41) is 2.59. The summed E-state index contributed by atoms with van der Waals surface area (Å²) in [6.07, 6.45) is 1.26. The Morgan fingerprint density at radius 3 is 2.13 bits per heavy atom. The van der Waals surface area contributed by atoms with Gasteiger partial charge in [-0.25, -0.2) is 9.97 Å². The molecule has 38 heavy (non-hydrogen) atoms. The minimum Gasteiger partial charge on any atom is -0.485 e. The van der Waals surface area contributed by atoms with Crippen LogP contribution in [0.3, 0.4) is 0 Å². The maximum Gasteiger partial charge on any atom is 0.325 e. The van der Waals surface area contributed by atoms with Gasteiger partial charge in [0.2, 0.25) is 0 Å². The predicted molar refractivity (Wildman–Crippen MR) is 146 cm³/mol. The van der Waals surface area contributed by atoms with Crippen molar-refractivity contribution in [3.8, 4) is 16.9 Å². The number of aromatic nitrogens is 2. The van der Waals surface area contributed by atoms with Crippen LogP contribution in [0.25, 0.3) is 11.1 Å². The van der Waals surface area contributed by atoms with Crippen molar-refractivity contribution >= 4 is 11.9 Å². The van der Waals surface area contributed by atoms with E-state index < -0.39 is 11.9 Å². The molecule has 0 aliphatic heterocycles. The summed E-state index contributed by atoms with van der Waals surface area (Å²) < 4.78 is 10.9. The first kappa shape index (κ1) is 26.5. The van der Waals surface area contributed by atoms with E-state index in [-0.39, 0.29) is 25.5 Å². The van der Waals surface area contributed by atoms with Gasteiger partial charge in [0.15, 0.2) is 11.4 Å². The van der Waals surface area contributed by atoms with Crippen LogP contribution in [-0.2, 0) is 29.0 Å². The molecule has 3 aromatic carbocycles. The smallest absolute Gasteiger partial charge is 0.325 e. The van der Waals surface area contributed by atoms with Crippen molar-refractivity contribution in [2.75, 3.05) is 13.2 Å². The lowest BCUT2D eigenvalue weighted by atomic mass is 10.0. The number of benzene rings is 3. The lowest BCUT2D eigenvalue weighted by Gasteiger charge is -2.15. The Morgan fingerprint density at radius 1 is 0.789 bits per heavy atom. The maximum absolute atomic E-state index is 13.0. The van der Waals surface area contributed by atoms with Crippen LogP contribution in [-0.4, -0.2) is 35.0 Å². The predicted octanol–water partition coefficient (Wildman–Crippen LogP) is 5.11. The number of amides is 1. The van der Waals surface area contributed by atoms with E-state index in [0.29, 0.717) is 30.1 Å². The van der Waals surface area contributed by atoms with Gasteiger partial charge >= 0.3 is 5.97 Å². The second-order valence-electron chi connectivity index (χ2n) is 8.73. The average Bonchev–Trinajstić information content (AvgIpc) is 2.95. The number of carbonyl (C=O) groups excluding carboxylic acids is 2. The molecule has 7 nitrogen and oxygen atoms in total. The monoisotopic (exact) mass is 509 g/mol. The second-order valence-corrected chi connectivity index (χ2v) is 8.73. The molecule has 4 aromatic rings. The Balaban J connectivity index is 1.50. The molecule has 7 heteroatoms. The maximum atomic E-state index is 13.0. The molecule has 0 radical (unpaired) electrons. The third-order valence-electron chi connectivity index (χ3n) is 5.92. The number of hydrogen-bond donors (Lipinski definition) is 1. The minimum absolute atomic E-state index is 0.104. The van der Waals surface area contributed by atoms with Gasteiger partial charge in [-0.05, 0) is 42.5 Å². The molecule has 0 fully saturated rings. The summed E-state index contributed by atoms with van der Waals surface area (Å²) in [6.45, 7) is 3.75. The molecular weight excluding hydrogens is 478 g/mol. The van der Waals surface area contributed by atoms with Crippen molar-refractivity contribution < 1.29 is 19.1 Å². The highest BCUT2D eigenvalue weighted by Crippen LogP contribution is 2.24. The Kier molecular flexibility index (Phi) is 9.18. The third kappa shape index (κ3) is 7.26. The molecule has 0 aliphatic carbocycles. The highest BCUT2D eigenvalue weighted by molar-refractivity contribution is 5.96. The molecule has 1 heterocycles. The van der Waals surface area contributed by atoms with E-state index in [9.17, 15) is 9.59 Å². The summed E-state index contributed by atoms with van der Waals surface area (Å²) >= 11 is 0. The van der Waals surface area contributed by atoms with Crippen molar-refractivity contribution in [3.05, 3.63) is 113 Å². The van der Waals surface area contributed by atoms with E-state index >= 15 is 0 Å². The highest BCUT2D eigenvalue weighted by Gasteiger charge is 2.21. The van der Waals surface area contributed by atoms with Crippen molar-refractivity contribution in [2.24, 2.45) is 0 Å². The van der Waals surface area contributed by atoms with E-state index in [1.165, 1.54) is 5.56 Å². The molecule has 0 saturated heterocycles. The van der Waals surface area contributed by atoms with Gasteiger partial charge in [-0.2, -0.15) is 0 Å². The fourth-order valence-corrected chi connectivity index (χ4v) is 3.99. The summed E-state index contributed by atoms with van der Waals surface area (Å²) in [7, 11) is 0. The summed E-state index contributed by atoms with van der Waals surface area (Å²) in [6, 6.07) is 28.3. The van der Waals surface area contributed by atoms with Crippen LogP contribution in [0.1, 0.15) is 40.1 Å². The van der Waals surface area contributed by atoms with Crippen LogP contribution in [0.15, 0.2) is 84.9 Å². The molecule has 1 N–H and O–H groups in total. The van der Waals surface area contributed by atoms with E-state index in [4.69, 9.17) is 9.47 Å². The number of ether oxygens (including phenoxy) is 2. The van der Waals surface area contributed by atoms with Gasteiger partial charge in [0.1, 0.15) is 19.0 Å². The molecule has 194 valence electrons. The van der Waals surface area contributed by atoms with Gasteiger partial charge in [0.25, 0.3) is 5.91 Å². The van der Waals surface area contributed by atoms with Crippen molar-refractivity contribution in [1.29, 1.82) is 0 Å². The fraction of sp³-hybridized carbons (Fsp3) is 0.226. The van der Waals surface area contributed by atoms with Gasteiger partial charge in [0.05, 0.1) is 12.3 Å². The number of nitrogens with zero attached hydrogens (tertiary/aromatic N) is 2. The number of rotatable bonds is 11. The number of aryl methyl sites for hydroxylation is 3. The zero-order valence-corrected chi connectivity index (χ0v) is 21.6. The summed E-state index contributed by atoms with van der Waals surface area (Å²) in [4.78, 5) is 34.0. The summed E-state index contributed by atoms with van der Waals surface area (Å²) in [5.74, 6) is -0.202. The van der Waals surface area contributed by atoms with E-state index in [1.54, 1.807) is 13.8 Å². The van der Waals surface area contributed by atoms with Crippen LogP contribution in [0.5, 0.6) is 5.75 Å².